The fourth-order valence-corrected chi connectivity index (χ4v) is 3.58. The fourth-order valence-electron chi connectivity index (χ4n) is 3.58. The topological polar surface area (TPSA) is 58.6 Å². The number of anilines is 1. The van der Waals surface area contributed by atoms with E-state index in [-0.39, 0.29) is 11.8 Å². The number of ether oxygens (including phenoxy) is 1. The second-order valence-electron chi connectivity index (χ2n) is 6.62. The number of hydrogen-bond acceptors (Lipinski definition) is 3. The lowest BCUT2D eigenvalue weighted by molar-refractivity contribution is -0.126. The molecule has 136 valence electrons. The minimum Gasteiger partial charge on any atom is -0.494 e. The van der Waals surface area contributed by atoms with Crippen molar-refractivity contribution in [3.63, 3.8) is 0 Å². The first-order valence-corrected chi connectivity index (χ1v) is 8.82. The van der Waals surface area contributed by atoms with Gasteiger partial charge in [-0.2, -0.15) is 0 Å². The monoisotopic (exact) mass is 352 g/mol. The molecule has 5 heteroatoms. The number of nitrogens with one attached hydrogen (secondary N) is 1. The van der Waals surface area contributed by atoms with E-state index >= 15 is 0 Å². The first-order chi connectivity index (χ1) is 12.4. The zero-order valence-electron chi connectivity index (χ0n) is 15.6. The molecule has 1 aliphatic heterocycles. The Bertz CT molecular complexity index is 860. The van der Waals surface area contributed by atoms with Gasteiger partial charge in [-0.25, -0.2) is 0 Å². The van der Waals surface area contributed by atoms with Crippen LogP contribution < -0.4 is 15.0 Å². The molecule has 2 aromatic rings. The number of para-hydroxylation sites is 1. The lowest BCUT2D eigenvalue weighted by Crippen LogP contribution is -2.36. The maximum Gasteiger partial charge on any atom is 0.254 e. The van der Waals surface area contributed by atoms with Crippen LogP contribution >= 0.6 is 0 Å². The summed E-state index contributed by atoms with van der Waals surface area (Å²) in [7, 11) is 0. The van der Waals surface area contributed by atoms with E-state index in [0.29, 0.717) is 13.2 Å². The van der Waals surface area contributed by atoms with Crippen LogP contribution in [0.1, 0.15) is 42.1 Å². The van der Waals surface area contributed by atoms with Crippen molar-refractivity contribution >= 4 is 17.5 Å². The number of carbonyl (C=O) groups excluding carboxylic acids is 2. The fraction of sp³-hybridized carbons (Fsp3) is 0.333. The molecule has 1 heterocycles. The van der Waals surface area contributed by atoms with Gasteiger partial charge in [0, 0.05) is 18.1 Å². The highest BCUT2D eigenvalue weighted by Gasteiger charge is 2.39. The van der Waals surface area contributed by atoms with E-state index < -0.39 is 6.04 Å². The van der Waals surface area contributed by atoms with E-state index in [1.807, 2.05) is 51.1 Å². The number of amides is 2. The van der Waals surface area contributed by atoms with E-state index in [1.165, 1.54) is 6.92 Å². The molecule has 26 heavy (non-hydrogen) atoms. The van der Waals surface area contributed by atoms with Gasteiger partial charge in [-0.1, -0.05) is 35.9 Å². The van der Waals surface area contributed by atoms with Crippen LogP contribution in [0.15, 0.2) is 36.4 Å². The van der Waals surface area contributed by atoms with Gasteiger partial charge in [0.05, 0.1) is 18.8 Å². The van der Waals surface area contributed by atoms with Crippen LogP contribution in [0.2, 0.25) is 0 Å². The smallest absolute Gasteiger partial charge is 0.254 e. The van der Waals surface area contributed by atoms with Crippen molar-refractivity contribution in [1.82, 2.24) is 5.32 Å². The molecule has 0 aliphatic carbocycles. The molecule has 1 atom stereocenters. The zero-order chi connectivity index (χ0) is 18.8. The Morgan fingerprint density at radius 1 is 1.23 bits per heavy atom. The van der Waals surface area contributed by atoms with Crippen LogP contribution in [-0.4, -0.2) is 18.4 Å². The molecule has 0 bridgehead atoms. The molecule has 0 saturated heterocycles. The predicted octanol–water partition coefficient (Wildman–Crippen LogP) is 3.43. The van der Waals surface area contributed by atoms with Crippen molar-refractivity contribution in [1.29, 1.82) is 0 Å². The van der Waals surface area contributed by atoms with E-state index in [4.69, 9.17) is 4.74 Å². The van der Waals surface area contributed by atoms with Gasteiger partial charge in [-0.3, -0.25) is 9.59 Å². The van der Waals surface area contributed by atoms with Gasteiger partial charge in [0.2, 0.25) is 5.91 Å². The van der Waals surface area contributed by atoms with Gasteiger partial charge in [0.15, 0.2) is 0 Å². The predicted molar refractivity (Wildman–Crippen MR) is 101 cm³/mol. The molecule has 0 saturated carbocycles. The van der Waals surface area contributed by atoms with Gasteiger partial charge in [-0.15, -0.1) is 0 Å². The molecule has 2 amide bonds. The lowest BCUT2D eigenvalue weighted by atomic mass is 10.0. The Morgan fingerprint density at radius 3 is 2.65 bits per heavy atom. The average molecular weight is 352 g/mol. The second-order valence-corrected chi connectivity index (χ2v) is 6.62. The van der Waals surface area contributed by atoms with Gasteiger partial charge in [0.1, 0.15) is 11.8 Å². The number of carbonyl (C=O) groups is 2. The molecule has 2 aromatic carbocycles. The summed E-state index contributed by atoms with van der Waals surface area (Å²) in [5.74, 6) is 0.442. The van der Waals surface area contributed by atoms with Crippen molar-refractivity contribution in [2.24, 2.45) is 0 Å². The van der Waals surface area contributed by atoms with Crippen LogP contribution in [0, 0.1) is 13.8 Å². The molecule has 1 N–H and O–H groups in total. The minimum absolute atomic E-state index is 0.116. The molecule has 0 unspecified atom stereocenters. The third-order valence-electron chi connectivity index (χ3n) is 4.52. The third kappa shape index (κ3) is 3.29. The maximum atomic E-state index is 13.1. The van der Waals surface area contributed by atoms with Crippen LogP contribution in [0.4, 0.5) is 5.69 Å². The normalized spacial score (nSPS) is 15.8. The number of rotatable bonds is 5. The SMILES string of the molecule is CCOc1ccccc1CN1C(=O)[C@H](NC(C)=O)c2cc(C)cc(C)c21. The van der Waals surface area contributed by atoms with Gasteiger partial charge in [-0.05, 0) is 32.4 Å². The standard InChI is InChI=1S/C21H24N2O3/c1-5-26-18-9-7-6-8-16(18)12-23-20-14(3)10-13(2)11-17(20)19(21(23)25)22-15(4)24/h6-11,19H,5,12H2,1-4H3,(H,22,24)/t19-/m1/s1. The molecular weight excluding hydrogens is 328 g/mol. The van der Waals surface area contributed by atoms with Gasteiger partial charge >= 0.3 is 0 Å². The minimum atomic E-state index is -0.639. The lowest BCUT2D eigenvalue weighted by Gasteiger charge is -2.21. The highest BCUT2D eigenvalue weighted by molar-refractivity contribution is 6.06. The number of aryl methyl sites for hydroxylation is 2. The zero-order valence-corrected chi connectivity index (χ0v) is 15.6. The Balaban J connectivity index is 2.04. The van der Waals surface area contributed by atoms with Crippen molar-refractivity contribution < 1.29 is 14.3 Å². The summed E-state index contributed by atoms with van der Waals surface area (Å²) in [5.41, 5.74) is 4.77. The summed E-state index contributed by atoms with van der Waals surface area (Å²) in [6.07, 6.45) is 0. The summed E-state index contributed by atoms with van der Waals surface area (Å²) in [6, 6.07) is 11.1. The number of fused-ring (bicyclic) bond motifs is 1. The Morgan fingerprint density at radius 2 is 1.96 bits per heavy atom. The molecule has 0 radical (unpaired) electrons. The molecule has 0 aromatic heterocycles. The van der Waals surface area contributed by atoms with Crippen molar-refractivity contribution in [2.45, 2.75) is 40.3 Å². The van der Waals surface area contributed by atoms with Crippen LogP contribution in [0.3, 0.4) is 0 Å². The molecule has 3 rings (SSSR count). The molecule has 0 spiro atoms. The van der Waals surface area contributed by atoms with E-state index in [0.717, 1.165) is 33.7 Å². The quantitative estimate of drug-likeness (QED) is 0.897. The van der Waals surface area contributed by atoms with Gasteiger partial charge in [0.25, 0.3) is 5.91 Å². The second kappa shape index (κ2) is 7.20. The summed E-state index contributed by atoms with van der Waals surface area (Å²) < 4.78 is 5.70. The van der Waals surface area contributed by atoms with Crippen molar-refractivity contribution in [3.8, 4) is 5.75 Å². The first kappa shape index (κ1) is 18.0. The number of hydrogen-bond donors (Lipinski definition) is 1. The first-order valence-electron chi connectivity index (χ1n) is 8.82. The highest BCUT2D eigenvalue weighted by atomic mass is 16.5. The Labute approximate surface area is 154 Å². The Hall–Kier alpha value is -2.82. The van der Waals surface area contributed by atoms with Crippen LogP contribution in [-0.2, 0) is 16.1 Å². The maximum absolute atomic E-state index is 13.1. The van der Waals surface area contributed by atoms with Crippen LogP contribution in [0.25, 0.3) is 0 Å². The number of benzene rings is 2. The van der Waals surface area contributed by atoms with Gasteiger partial charge < -0.3 is 15.0 Å². The molecule has 5 nitrogen and oxygen atoms in total. The highest BCUT2D eigenvalue weighted by Crippen LogP contribution is 2.40. The van der Waals surface area contributed by atoms with E-state index in [1.54, 1.807) is 4.90 Å². The summed E-state index contributed by atoms with van der Waals surface area (Å²) in [4.78, 5) is 26.5. The number of nitrogens with zero attached hydrogens (tertiary/aromatic N) is 1. The van der Waals surface area contributed by atoms with Crippen LogP contribution in [0.5, 0.6) is 5.75 Å². The van der Waals surface area contributed by atoms with E-state index in [9.17, 15) is 9.59 Å². The van der Waals surface area contributed by atoms with Crippen molar-refractivity contribution in [2.75, 3.05) is 11.5 Å². The molecule has 1 aliphatic rings. The summed E-state index contributed by atoms with van der Waals surface area (Å²) >= 11 is 0. The summed E-state index contributed by atoms with van der Waals surface area (Å²) in [5, 5.41) is 2.80. The van der Waals surface area contributed by atoms with E-state index in [2.05, 4.69) is 11.4 Å². The largest absolute Gasteiger partial charge is 0.494 e. The van der Waals surface area contributed by atoms with Crippen molar-refractivity contribution in [3.05, 3.63) is 58.7 Å². The summed E-state index contributed by atoms with van der Waals surface area (Å²) in [6.45, 7) is 8.33. The molecule has 0 fully saturated rings. The molecular formula is C21H24N2O3. The third-order valence-corrected chi connectivity index (χ3v) is 4.52. The Kier molecular flexibility index (Phi) is 4.98. The average Bonchev–Trinajstić information content (AvgIpc) is 2.82.